The molecule has 0 aliphatic rings. The fraction of sp³-hybridized carbons (Fsp3) is 0.136. The molecule has 11 heteroatoms. The summed E-state index contributed by atoms with van der Waals surface area (Å²) in [7, 11) is -7.60. The van der Waals surface area contributed by atoms with Crippen molar-refractivity contribution < 1.29 is 26.4 Å². The molecule has 4 N–H and O–H groups in total. The maximum atomic E-state index is 12.6. The molecule has 0 aromatic heterocycles. The SMILES string of the molecule is Cc1ccc(NS(=O)(=O)c2ccc(OCC(=O)Nc3ccc(S(N)(=O)=O)cc3)cc2)cc1C. The minimum Gasteiger partial charge on any atom is -0.484 e. The minimum absolute atomic E-state index is 0.0486. The molecule has 9 nitrogen and oxygen atoms in total. The first-order chi connectivity index (χ1) is 15.4. The topological polar surface area (TPSA) is 145 Å². The zero-order valence-electron chi connectivity index (χ0n) is 17.9. The average Bonchev–Trinajstić information content (AvgIpc) is 2.75. The first-order valence-electron chi connectivity index (χ1n) is 9.70. The van der Waals surface area contributed by atoms with Crippen LogP contribution in [-0.2, 0) is 24.8 Å². The molecule has 1 amide bonds. The van der Waals surface area contributed by atoms with Crippen LogP contribution >= 0.6 is 0 Å². The molecule has 0 radical (unpaired) electrons. The lowest BCUT2D eigenvalue weighted by atomic mass is 10.1. The molecular formula is C22H23N3O6S2. The van der Waals surface area contributed by atoms with Crippen molar-refractivity contribution in [2.24, 2.45) is 5.14 Å². The Morgan fingerprint density at radius 2 is 1.39 bits per heavy atom. The van der Waals surface area contributed by atoms with Gasteiger partial charge in [-0.2, -0.15) is 0 Å². The zero-order chi connectivity index (χ0) is 24.2. The molecule has 0 bridgehead atoms. The number of primary sulfonamides is 1. The van der Waals surface area contributed by atoms with E-state index in [1.54, 1.807) is 12.1 Å². The van der Waals surface area contributed by atoms with Crippen molar-refractivity contribution in [2.75, 3.05) is 16.6 Å². The van der Waals surface area contributed by atoms with Crippen LogP contribution in [0.3, 0.4) is 0 Å². The van der Waals surface area contributed by atoms with Gasteiger partial charge in [-0.15, -0.1) is 0 Å². The van der Waals surface area contributed by atoms with Crippen molar-refractivity contribution in [3.8, 4) is 5.75 Å². The van der Waals surface area contributed by atoms with Crippen LogP contribution in [0.2, 0.25) is 0 Å². The third kappa shape index (κ3) is 6.54. The van der Waals surface area contributed by atoms with Gasteiger partial charge in [0.25, 0.3) is 15.9 Å². The Labute approximate surface area is 192 Å². The van der Waals surface area contributed by atoms with E-state index < -0.39 is 26.0 Å². The highest BCUT2D eigenvalue weighted by atomic mass is 32.2. The number of rotatable bonds is 8. The van der Waals surface area contributed by atoms with E-state index in [4.69, 9.17) is 9.88 Å². The van der Waals surface area contributed by atoms with Gasteiger partial charge in [0.15, 0.2) is 6.61 Å². The van der Waals surface area contributed by atoms with Crippen molar-refractivity contribution in [1.29, 1.82) is 0 Å². The molecule has 0 unspecified atom stereocenters. The van der Waals surface area contributed by atoms with E-state index in [0.717, 1.165) is 11.1 Å². The van der Waals surface area contributed by atoms with Gasteiger partial charge in [0.05, 0.1) is 9.79 Å². The molecule has 0 saturated carbocycles. The highest BCUT2D eigenvalue weighted by Crippen LogP contribution is 2.21. The molecule has 33 heavy (non-hydrogen) atoms. The Hall–Kier alpha value is -3.41. The summed E-state index contributed by atoms with van der Waals surface area (Å²) in [5, 5.41) is 7.59. The van der Waals surface area contributed by atoms with Gasteiger partial charge in [0, 0.05) is 11.4 Å². The van der Waals surface area contributed by atoms with Crippen molar-refractivity contribution in [2.45, 2.75) is 23.6 Å². The first kappa shape index (κ1) is 24.2. The van der Waals surface area contributed by atoms with Gasteiger partial charge in [0.2, 0.25) is 10.0 Å². The Morgan fingerprint density at radius 1 is 0.818 bits per heavy atom. The summed E-state index contributed by atoms with van der Waals surface area (Å²) in [6, 6.07) is 16.3. The van der Waals surface area contributed by atoms with Crippen LogP contribution in [0.15, 0.2) is 76.5 Å². The van der Waals surface area contributed by atoms with Gasteiger partial charge in [-0.05, 0) is 85.6 Å². The molecule has 0 saturated heterocycles. The predicted molar refractivity (Wildman–Crippen MR) is 125 cm³/mol. The van der Waals surface area contributed by atoms with Crippen LogP contribution in [0.4, 0.5) is 11.4 Å². The molecule has 3 aromatic rings. The fourth-order valence-corrected chi connectivity index (χ4v) is 4.37. The number of nitrogens with one attached hydrogen (secondary N) is 2. The summed E-state index contributed by atoms with van der Waals surface area (Å²) in [5.74, 6) is -0.175. The normalized spacial score (nSPS) is 11.6. The van der Waals surface area contributed by atoms with Crippen LogP contribution in [0, 0.1) is 13.8 Å². The van der Waals surface area contributed by atoms with Crippen molar-refractivity contribution in [3.63, 3.8) is 0 Å². The summed E-state index contributed by atoms with van der Waals surface area (Å²) >= 11 is 0. The van der Waals surface area contributed by atoms with E-state index in [1.165, 1.54) is 48.5 Å². The van der Waals surface area contributed by atoms with Gasteiger partial charge in [0.1, 0.15) is 5.75 Å². The predicted octanol–water partition coefficient (Wildman–Crippen LogP) is 2.77. The number of hydrogen-bond donors (Lipinski definition) is 3. The molecule has 0 heterocycles. The Morgan fingerprint density at radius 3 is 1.97 bits per heavy atom. The summed E-state index contributed by atoms with van der Waals surface area (Å²) in [6.07, 6.45) is 0. The number of aryl methyl sites for hydroxylation is 2. The maximum absolute atomic E-state index is 12.6. The molecule has 0 spiro atoms. The van der Waals surface area contributed by atoms with Crippen LogP contribution in [-0.4, -0.2) is 29.3 Å². The highest BCUT2D eigenvalue weighted by Gasteiger charge is 2.15. The van der Waals surface area contributed by atoms with Gasteiger partial charge in [-0.3, -0.25) is 9.52 Å². The van der Waals surface area contributed by atoms with E-state index in [0.29, 0.717) is 17.1 Å². The average molecular weight is 490 g/mol. The Bertz CT molecular complexity index is 1370. The molecule has 0 atom stereocenters. The Balaban J connectivity index is 1.57. The molecule has 3 rings (SSSR count). The van der Waals surface area contributed by atoms with E-state index in [2.05, 4.69) is 10.0 Å². The zero-order valence-corrected chi connectivity index (χ0v) is 19.5. The molecule has 0 fully saturated rings. The molecule has 0 aliphatic carbocycles. The van der Waals surface area contributed by atoms with Crippen molar-refractivity contribution in [3.05, 3.63) is 77.9 Å². The third-order valence-electron chi connectivity index (χ3n) is 4.73. The van der Waals surface area contributed by atoms with Crippen molar-refractivity contribution >= 4 is 37.3 Å². The highest BCUT2D eigenvalue weighted by molar-refractivity contribution is 7.92. The van der Waals surface area contributed by atoms with Crippen LogP contribution < -0.4 is 19.9 Å². The van der Waals surface area contributed by atoms with Crippen molar-refractivity contribution in [1.82, 2.24) is 0 Å². The summed E-state index contributed by atoms with van der Waals surface area (Å²) < 4.78 is 55.6. The van der Waals surface area contributed by atoms with E-state index in [1.807, 2.05) is 19.9 Å². The number of carbonyl (C=O) groups is 1. The number of carbonyl (C=O) groups excluding carboxylic acids is 1. The first-order valence-corrected chi connectivity index (χ1v) is 12.7. The fourth-order valence-electron chi connectivity index (χ4n) is 2.81. The van der Waals surface area contributed by atoms with Gasteiger partial charge >= 0.3 is 0 Å². The Kier molecular flexibility index (Phi) is 7.06. The number of anilines is 2. The van der Waals surface area contributed by atoms with Crippen LogP contribution in [0.5, 0.6) is 5.75 Å². The number of benzene rings is 3. The molecule has 0 aliphatic heterocycles. The monoisotopic (exact) mass is 489 g/mol. The van der Waals surface area contributed by atoms with Gasteiger partial charge < -0.3 is 10.1 Å². The number of nitrogens with two attached hydrogens (primary N) is 1. The van der Waals surface area contributed by atoms with Gasteiger partial charge in [-0.1, -0.05) is 6.07 Å². The number of sulfonamides is 2. The lowest BCUT2D eigenvalue weighted by molar-refractivity contribution is -0.118. The number of amides is 1. The lowest BCUT2D eigenvalue weighted by Gasteiger charge is -2.11. The summed E-state index contributed by atoms with van der Waals surface area (Å²) in [6.45, 7) is 3.51. The lowest BCUT2D eigenvalue weighted by Crippen LogP contribution is -2.20. The standard InChI is InChI=1S/C22H23N3O6S2/c1-15-3-4-18(13-16(15)2)25-33(29,30)21-11-7-19(8-12-21)31-14-22(26)24-17-5-9-20(10-6-17)32(23,27)28/h3-13,25H,14H2,1-2H3,(H,24,26)(H2,23,27,28). The van der Waals surface area contributed by atoms with Crippen LogP contribution in [0.1, 0.15) is 11.1 Å². The largest absolute Gasteiger partial charge is 0.484 e. The molecule has 3 aromatic carbocycles. The van der Waals surface area contributed by atoms with E-state index >= 15 is 0 Å². The second-order valence-corrected chi connectivity index (χ2v) is 10.5. The molecular weight excluding hydrogens is 466 g/mol. The van der Waals surface area contributed by atoms with E-state index in [-0.39, 0.29) is 16.4 Å². The summed E-state index contributed by atoms with van der Waals surface area (Å²) in [4.78, 5) is 12.0. The third-order valence-corrected chi connectivity index (χ3v) is 7.06. The second kappa shape index (κ2) is 9.61. The minimum atomic E-state index is -3.81. The molecule has 174 valence electrons. The smallest absolute Gasteiger partial charge is 0.262 e. The second-order valence-electron chi connectivity index (χ2n) is 7.28. The van der Waals surface area contributed by atoms with Gasteiger partial charge in [-0.25, -0.2) is 22.0 Å². The van der Waals surface area contributed by atoms with Crippen LogP contribution in [0.25, 0.3) is 0 Å². The van der Waals surface area contributed by atoms with E-state index in [9.17, 15) is 21.6 Å². The number of ether oxygens (including phenoxy) is 1. The maximum Gasteiger partial charge on any atom is 0.262 e. The quantitative estimate of drug-likeness (QED) is 0.444. The summed E-state index contributed by atoms with van der Waals surface area (Å²) in [5.41, 5.74) is 2.86. The number of hydrogen-bond acceptors (Lipinski definition) is 6.